The number of methoxy groups -OCH3 is 2. The summed E-state index contributed by atoms with van der Waals surface area (Å²) < 4.78 is 42.3. The second-order valence-electron chi connectivity index (χ2n) is 4.48. The third-order valence-electron chi connectivity index (χ3n) is 2.92. The van der Waals surface area contributed by atoms with Crippen LogP contribution in [0.2, 0.25) is 0 Å². The number of anilines is 1. The number of benzene rings is 2. The largest absolute Gasteiger partial charge is 0.496 e. The van der Waals surface area contributed by atoms with Crippen molar-refractivity contribution >= 4 is 11.6 Å². The van der Waals surface area contributed by atoms with Crippen LogP contribution in [0.3, 0.4) is 0 Å². The second-order valence-corrected chi connectivity index (χ2v) is 4.48. The molecule has 0 heterocycles. The molecular weight excluding hydrogens is 308 g/mol. The highest BCUT2D eigenvalue weighted by atomic mass is 19.1. The van der Waals surface area contributed by atoms with Gasteiger partial charge in [-0.3, -0.25) is 4.79 Å². The average molecular weight is 323 g/mol. The molecule has 122 valence electrons. The van der Waals surface area contributed by atoms with Gasteiger partial charge in [0.1, 0.15) is 34.6 Å². The van der Waals surface area contributed by atoms with Crippen molar-refractivity contribution in [3.63, 3.8) is 0 Å². The first-order chi connectivity index (χ1) is 11.0. The molecule has 0 aliphatic heterocycles. The minimum atomic E-state index is -0.860. The van der Waals surface area contributed by atoms with Crippen molar-refractivity contribution < 1.29 is 27.8 Å². The lowest BCUT2D eigenvalue weighted by molar-refractivity contribution is -0.118. The number of ether oxygens (including phenoxy) is 3. The zero-order valence-electron chi connectivity index (χ0n) is 12.6. The molecule has 5 nitrogen and oxygen atoms in total. The summed E-state index contributed by atoms with van der Waals surface area (Å²) in [5.41, 5.74) is -0.510. The summed E-state index contributed by atoms with van der Waals surface area (Å²) in [6.45, 7) is -0.426. The van der Waals surface area contributed by atoms with Gasteiger partial charge in [-0.05, 0) is 12.1 Å². The number of halogens is 2. The number of amides is 1. The van der Waals surface area contributed by atoms with Gasteiger partial charge in [0.05, 0.1) is 14.2 Å². The second kappa shape index (κ2) is 7.44. The monoisotopic (exact) mass is 323 g/mol. The Labute approximate surface area is 131 Å². The molecule has 1 N–H and O–H groups in total. The molecule has 0 fully saturated rings. The zero-order valence-corrected chi connectivity index (χ0v) is 12.6. The van der Waals surface area contributed by atoms with Crippen molar-refractivity contribution in [2.45, 2.75) is 0 Å². The quantitative estimate of drug-likeness (QED) is 0.888. The molecule has 7 heteroatoms. The van der Waals surface area contributed by atoms with Gasteiger partial charge in [0.25, 0.3) is 5.91 Å². The number of rotatable bonds is 6. The van der Waals surface area contributed by atoms with Crippen LogP contribution >= 0.6 is 0 Å². The van der Waals surface area contributed by atoms with E-state index < -0.39 is 29.8 Å². The van der Waals surface area contributed by atoms with Crippen LogP contribution in [0.4, 0.5) is 14.5 Å². The molecule has 23 heavy (non-hydrogen) atoms. The summed E-state index contributed by atoms with van der Waals surface area (Å²) in [6, 6.07) is 8.05. The maximum absolute atomic E-state index is 13.4. The molecule has 0 unspecified atom stereocenters. The van der Waals surface area contributed by atoms with Crippen LogP contribution in [0.15, 0.2) is 36.4 Å². The Bertz CT molecular complexity index is 664. The molecule has 0 aliphatic rings. The molecule has 2 aromatic carbocycles. The van der Waals surface area contributed by atoms with Gasteiger partial charge in [0, 0.05) is 18.2 Å². The zero-order chi connectivity index (χ0) is 16.8. The van der Waals surface area contributed by atoms with Crippen LogP contribution in [-0.4, -0.2) is 26.7 Å². The Morgan fingerprint density at radius 3 is 2.04 bits per heavy atom. The van der Waals surface area contributed by atoms with E-state index >= 15 is 0 Å². The maximum atomic E-state index is 13.4. The van der Waals surface area contributed by atoms with Gasteiger partial charge in [-0.25, -0.2) is 8.78 Å². The number of para-hydroxylation sites is 1. The molecule has 0 saturated heterocycles. The Morgan fingerprint density at radius 2 is 1.52 bits per heavy atom. The van der Waals surface area contributed by atoms with Crippen LogP contribution < -0.4 is 19.5 Å². The maximum Gasteiger partial charge on any atom is 0.262 e. The van der Waals surface area contributed by atoms with Crippen molar-refractivity contribution in [2.75, 3.05) is 26.1 Å². The molecule has 0 bridgehead atoms. The molecule has 2 rings (SSSR count). The Hall–Kier alpha value is -2.83. The third kappa shape index (κ3) is 4.32. The predicted octanol–water partition coefficient (Wildman–Crippen LogP) is 3.00. The molecule has 0 atom stereocenters. The smallest absolute Gasteiger partial charge is 0.262 e. The van der Waals surface area contributed by atoms with E-state index in [0.29, 0.717) is 17.2 Å². The molecular formula is C16H15F2NO4. The van der Waals surface area contributed by atoms with Crippen molar-refractivity contribution in [2.24, 2.45) is 0 Å². The molecule has 0 aromatic heterocycles. The molecule has 0 aliphatic carbocycles. The predicted molar refractivity (Wildman–Crippen MR) is 80.0 cm³/mol. The van der Waals surface area contributed by atoms with E-state index in [4.69, 9.17) is 14.2 Å². The first-order valence-corrected chi connectivity index (χ1v) is 6.63. The van der Waals surface area contributed by atoms with E-state index in [0.717, 1.165) is 12.1 Å². The summed E-state index contributed by atoms with van der Waals surface area (Å²) in [5.74, 6) is -1.12. The fourth-order valence-corrected chi connectivity index (χ4v) is 1.81. The van der Waals surface area contributed by atoms with Crippen LogP contribution in [0.5, 0.6) is 17.2 Å². The van der Waals surface area contributed by atoms with Gasteiger partial charge in [0.15, 0.2) is 6.61 Å². The van der Waals surface area contributed by atoms with E-state index in [-0.39, 0.29) is 0 Å². The third-order valence-corrected chi connectivity index (χ3v) is 2.92. The van der Waals surface area contributed by atoms with Crippen LogP contribution in [0.1, 0.15) is 0 Å². The molecule has 2 aromatic rings. The lowest BCUT2D eigenvalue weighted by Crippen LogP contribution is -2.21. The molecule has 0 saturated carbocycles. The van der Waals surface area contributed by atoms with Crippen molar-refractivity contribution in [3.8, 4) is 17.2 Å². The molecule has 0 spiro atoms. The highest BCUT2D eigenvalue weighted by molar-refractivity contribution is 5.92. The van der Waals surface area contributed by atoms with E-state index in [1.54, 1.807) is 18.2 Å². The number of carbonyl (C=O) groups is 1. The van der Waals surface area contributed by atoms with Crippen LogP contribution in [-0.2, 0) is 4.79 Å². The first kappa shape index (κ1) is 16.5. The summed E-state index contributed by atoms with van der Waals surface area (Å²) in [4.78, 5) is 11.8. The summed E-state index contributed by atoms with van der Waals surface area (Å²) in [6.07, 6.45) is 0. The lowest BCUT2D eigenvalue weighted by Gasteiger charge is -2.11. The molecule has 0 radical (unpaired) electrons. The Morgan fingerprint density at radius 1 is 1.00 bits per heavy atom. The highest BCUT2D eigenvalue weighted by Crippen LogP contribution is 2.27. The Balaban J connectivity index is 2.02. The van der Waals surface area contributed by atoms with Crippen molar-refractivity contribution in [1.82, 2.24) is 0 Å². The number of nitrogens with one attached hydrogen (secondary N) is 1. The Kier molecular flexibility index (Phi) is 5.35. The SMILES string of the molecule is COc1cc(OC)cc(OCC(=O)Nc2c(F)cccc2F)c1. The average Bonchev–Trinajstić information content (AvgIpc) is 2.56. The topological polar surface area (TPSA) is 56.8 Å². The van der Waals surface area contributed by atoms with Crippen molar-refractivity contribution in [3.05, 3.63) is 48.0 Å². The van der Waals surface area contributed by atoms with Crippen LogP contribution in [0.25, 0.3) is 0 Å². The number of hydrogen-bond donors (Lipinski definition) is 1. The van der Waals surface area contributed by atoms with E-state index in [1.165, 1.54) is 20.3 Å². The fraction of sp³-hybridized carbons (Fsp3) is 0.188. The van der Waals surface area contributed by atoms with E-state index in [1.807, 2.05) is 0 Å². The van der Waals surface area contributed by atoms with Gasteiger partial charge in [0.2, 0.25) is 0 Å². The minimum Gasteiger partial charge on any atom is -0.496 e. The standard InChI is InChI=1S/C16H15F2NO4/c1-21-10-6-11(22-2)8-12(7-10)23-9-15(20)19-16-13(17)4-3-5-14(16)18/h3-8H,9H2,1-2H3,(H,19,20). The number of carbonyl (C=O) groups excluding carboxylic acids is 1. The number of hydrogen-bond acceptors (Lipinski definition) is 4. The van der Waals surface area contributed by atoms with Gasteiger partial charge >= 0.3 is 0 Å². The summed E-state index contributed by atoms with van der Waals surface area (Å²) >= 11 is 0. The van der Waals surface area contributed by atoms with Gasteiger partial charge < -0.3 is 19.5 Å². The van der Waals surface area contributed by atoms with E-state index in [2.05, 4.69) is 5.32 Å². The summed E-state index contributed by atoms with van der Waals surface area (Å²) in [7, 11) is 2.96. The van der Waals surface area contributed by atoms with Gasteiger partial charge in [-0.15, -0.1) is 0 Å². The van der Waals surface area contributed by atoms with Gasteiger partial charge in [-0.2, -0.15) is 0 Å². The van der Waals surface area contributed by atoms with E-state index in [9.17, 15) is 13.6 Å². The minimum absolute atomic E-state index is 0.324. The normalized spacial score (nSPS) is 10.1. The van der Waals surface area contributed by atoms with Crippen LogP contribution in [0, 0.1) is 11.6 Å². The first-order valence-electron chi connectivity index (χ1n) is 6.63. The van der Waals surface area contributed by atoms with Gasteiger partial charge in [-0.1, -0.05) is 6.07 Å². The van der Waals surface area contributed by atoms with Crippen molar-refractivity contribution in [1.29, 1.82) is 0 Å². The summed E-state index contributed by atoms with van der Waals surface area (Å²) in [5, 5.41) is 2.13. The lowest BCUT2D eigenvalue weighted by atomic mass is 10.3. The highest BCUT2D eigenvalue weighted by Gasteiger charge is 2.12. The molecule has 1 amide bonds. The fourth-order valence-electron chi connectivity index (χ4n) is 1.81.